The fraction of sp³-hybridized carbons (Fsp3) is 0.409. The van der Waals surface area contributed by atoms with Gasteiger partial charge in [-0.15, -0.1) is 0 Å². The van der Waals surface area contributed by atoms with Crippen molar-refractivity contribution in [2.75, 3.05) is 24.6 Å². The first-order chi connectivity index (χ1) is 13.0. The number of piperidine rings is 1. The zero-order chi connectivity index (χ0) is 19.2. The Bertz CT molecular complexity index is 755. The van der Waals surface area contributed by atoms with Crippen molar-refractivity contribution < 1.29 is 9.53 Å². The molecule has 1 N–H and O–H groups in total. The number of carbonyl (C=O) groups excluding carboxylic acids is 1. The Morgan fingerprint density at radius 3 is 2.52 bits per heavy atom. The molecule has 0 saturated carbocycles. The van der Waals surface area contributed by atoms with Crippen molar-refractivity contribution in [1.29, 1.82) is 0 Å². The molecule has 4 nitrogen and oxygen atoms in total. The van der Waals surface area contributed by atoms with Crippen molar-refractivity contribution in [1.82, 2.24) is 5.32 Å². The van der Waals surface area contributed by atoms with Gasteiger partial charge in [-0.1, -0.05) is 42.8 Å². The van der Waals surface area contributed by atoms with Crippen LogP contribution in [0.4, 0.5) is 5.69 Å². The largest absolute Gasteiger partial charge is 0.482 e. The molecule has 3 rings (SSSR count). The topological polar surface area (TPSA) is 41.6 Å². The summed E-state index contributed by atoms with van der Waals surface area (Å²) in [7, 11) is 0. The van der Waals surface area contributed by atoms with Crippen LogP contribution in [0.5, 0.6) is 5.75 Å². The second-order valence-electron chi connectivity index (χ2n) is 7.27. The molecule has 1 unspecified atom stereocenters. The molecule has 1 atom stereocenters. The number of para-hydroxylation sites is 1. The van der Waals surface area contributed by atoms with Crippen molar-refractivity contribution in [2.45, 2.75) is 32.7 Å². The predicted octanol–water partition coefficient (Wildman–Crippen LogP) is 4.83. The van der Waals surface area contributed by atoms with Crippen LogP contribution in [0.15, 0.2) is 48.5 Å². The number of amides is 1. The van der Waals surface area contributed by atoms with Gasteiger partial charge in [0.15, 0.2) is 6.61 Å². The summed E-state index contributed by atoms with van der Waals surface area (Å²) in [5, 5.41) is 3.47. The summed E-state index contributed by atoms with van der Waals surface area (Å²) in [6.45, 7) is 6.47. The molecule has 0 spiro atoms. The summed E-state index contributed by atoms with van der Waals surface area (Å²) >= 11 is 6.04. The summed E-state index contributed by atoms with van der Waals surface area (Å²) in [4.78, 5) is 14.6. The average molecular weight is 387 g/mol. The molecule has 2 aromatic rings. The fourth-order valence-electron chi connectivity index (χ4n) is 3.31. The van der Waals surface area contributed by atoms with Gasteiger partial charge in [0, 0.05) is 18.8 Å². The number of hydrogen-bond donors (Lipinski definition) is 1. The summed E-state index contributed by atoms with van der Waals surface area (Å²) < 4.78 is 5.49. The van der Waals surface area contributed by atoms with Gasteiger partial charge in [0.2, 0.25) is 0 Å². The Kier molecular flexibility index (Phi) is 6.62. The number of hydrogen-bond acceptors (Lipinski definition) is 3. The maximum absolute atomic E-state index is 12.2. The lowest BCUT2D eigenvalue weighted by Gasteiger charge is -2.32. The number of ether oxygens (including phenoxy) is 1. The molecule has 1 amide bonds. The van der Waals surface area contributed by atoms with Crippen LogP contribution in [0.2, 0.25) is 5.02 Å². The van der Waals surface area contributed by atoms with Crippen molar-refractivity contribution in [2.24, 2.45) is 5.92 Å². The molecule has 1 heterocycles. The normalized spacial score (nSPS) is 16.0. The summed E-state index contributed by atoms with van der Waals surface area (Å²) in [5.41, 5.74) is 2.33. The minimum Gasteiger partial charge on any atom is -0.482 e. The van der Waals surface area contributed by atoms with Crippen LogP contribution in [0, 0.1) is 5.92 Å². The molecule has 1 aliphatic heterocycles. The van der Waals surface area contributed by atoms with Crippen LogP contribution >= 0.6 is 11.6 Å². The standard InChI is InChI=1S/C22H27ClN2O2/c1-16-11-13-25(14-12-16)19-9-7-18(8-10-19)17(2)24-22(26)15-27-21-6-4-3-5-20(21)23/h3-10,16-17H,11-15H2,1-2H3,(H,24,26). The number of anilines is 1. The summed E-state index contributed by atoms with van der Waals surface area (Å²) in [5.74, 6) is 1.17. The second-order valence-corrected chi connectivity index (χ2v) is 7.68. The minimum atomic E-state index is -0.170. The molecule has 1 saturated heterocycles. The molecule has 1 aliphatic rings. The van der Waals surface area contributed by atoms with Gasteiger partial charge in [-0.25, -0.2) is 0 Å². The van der Waals surface area contributed by atoms with E-state index in [0.29, 0.717) is 10.8 Å². The SMILES string of the molecule is CC1CCN(c2ccc(C(C)NC(=O)COc3ccccc3Cl)cc2)CC1. The van der Waals surface area contributed by atoms with Crippen LogP contribution < -0.4 is 15.0 Å². The third-order valence-electron chi connectivity index (χ3n) is 5.11. The van der Waals surface area contributed by atoms with E-state index in [0.717, 1.165) is 24.6 Å². The first kappa shape index (κ1) is 19.6. The molecule has 1 fully saturated rings. The van der Waals surface area contributed by atoms with E-state index in [1.165, 1.54) is 18.5 Å². The minimum absolute atomic E-state index is 0.0574. The Labute approximate surface area is 166 Å². The molecular formula is C22H27ClN2O2. The zero-order valence-corrected chi connectivity index (χ0v) is 16.7. The second kappa shape index (κ2) is 9.14. The average Bonchev–Trinajstić information content (AvgIpc) is 2.68. The quantitative estimate of drug-likeness (QED) is 0.772. The number of carbonyl (C=O) groups is 1. The molecule has 0 radical (unpaired) electrons. The molecule has 0 aromatic heterocycles. The number of benzene rings is 2. The fourth-order valence-corrected chi connectivity index (χ4v) is 3.50. The number of rotatable bonds is 6. The van der Waals surface area contributed by atoms with Gasteiger partial charge in [-0.2, -0.15) is 0 Å². The van der Waals surface area contributed by atoms with Gasteiger partial charge in [0.25, 0.3) is 5.91 Å². The molecule has 144 valence electrons. The highest BCUT2D eigenvalue weighted by molar-refractivity contribution is 6.32. The lowest BCUT2D eigenvalue weighted by molar-refractivity contribution is -0.123. The van der Waals surface area contributed by atoms with Crippen LogP contribution in [-0.2, 0) is 4.79 Å². The van der Waals surface area contributed by atoms with Crippen molar-refractivity contribution in [3.05, 3.63) is 59.1 Å². The van der Waals surface area contributed by atoms with Crippen molar-refractivity contribution in [3.63, 3.8) is 0 Å². The predicted molar refractivity (Wildman–Crippen MR) is 111 cm³/mol. The smallest absolute Gasteiger partial charge is 0.258 e. The molecular weight excluding hydrogens is 360 g/mol. The van der Waals surface area contributed by atoms with E-state index in [1.54, 1.807) is 12.1 Å². The van der Waals surface area contributed by atoms with Crippen LogP contribution in [0.1, 0.15) is 38.3 Å². The summed E-state index contributed by atoms with van der Waals surface area (Å²) in [6.07, 6.45) is 2.50. The third-order valence-corrected chi connectivity index (χ3v) is 5.43. The maximum atomic E-state index is 12.2. The first-order valence-electron chi connectivity index (χ1n) is 9.54. The van der Waals surface area contributed by atoms with E-state index in [-0.39, 0.29) is 18.6 Å². The van der Waals surface area contributed by atoms with Crippen LogP contribution in [0.25, 0.3) is 0 Å². The highest BCUT2D eigenvalue weighted by Gasteiger charge is 2.16. The maximum Gasteiger partial charge on any atom is 0.258 e. The van der Waals surface area contributed by atoms with Crippen LogP contribution in [-0.4, -0.2) is 25.6 Å². The zero-order valence-electron chi connectivity index (χ0n) is 16.0. The molecule has 27 heavy (non-hydrogen) atoms. The van der Waals surface area contributed by atoms with Gasteiger partial charge in [-0.05, 0) is 55.5 Å². The van der Waals surface area contributed by atoms with E-state index < -0.39 is 0 Å². The highest BCUT2D eigenvalue weighted by atomic mass is 35.5. The van der Waals surface area contributed by atoms with Gasteiger partial charge < -0.3 is 15.0 Å². The van der Waals surface area contributed by atoms with E-state index in [9.17, 15) is 4.79 Å². The van der Waals surface area contributed by atoms with E-state index in [2.05, 4.69) is 41.4 Å². The Morgan fingerprint density at radius 2 is 1.85 bits per heavy atom. The lowest BCUT2D eigenvalue weighted by atomic mass is 9.98. The highest BCUT2D eigenvalue weighted by Crippen LogP contribution is 2.25. The van der Waals surface area contributed by atoms with Gasteiger partial charge >= 0.3 is 0 Å². The van der Waals surface area contributed by atoms with Gasteiger partial charge in [-0.3, -0.25) is 4.79 Å². The Hall–Kier alpha value is -2.20. The Morgan fingerprint density at radius 1 is 1.19 bits per heavy atom. The molecule has 2 aromatic carbocycles. The molecule has 5 heteroatoms. The van der Waals surface area contributed by atoms with Crippen molar-refractivity contribution in [3.8, 4) is 5.75 Å². The number of nitrogens with zero attached hydrogens (tertiary/aromatic N) is 1. The van der Waals surface area contributed by atoms with Gasteiger partial charge in [0.1, 0.15) is 5.75 Å². The van der Waals surface area contributed by atoms with Gasteiger partial charge in [0.05, 0.1) is 11.1 Å². The van der Waals surface area contributed by atoms with E-state index >= 15 is 0 Å². The number of halogens is 1. The third kappa shape index (κ3) is 5.39. The summed E-state index contributed by atoms with van der Waals surface area (Å²) in [6, 6.07) is 15.5. The first-order valence-corrected chi connectivity index (χ1v) is 9.92. The van der Waals surface area contributed by atoms with Crippen molar-refractivity contribution >= 4 is 23.2 Å². The monoisotopic (exact) mass is 386 g/mol. The Balaban J connectivity index is 1.50. The molecule has 0 aliphatic carbocycles. The number of nitrogens with one attached hydrogen (secondary N) is 1. The van der Waals surface area contributed by atoms with Crippen LogP contribution in [0.3, 0.4) is 0 Å². The molecule has 0 bridgehead atoms. The van der Waals surface area contributed by atoms with E-state index in [4.69, 9.17) is 16.3 Å². The lowest BCUT2D eigenvalue weighted by Crippen LogP contribution is -2.33. The van der Waals surface area contributed by atoms with E-state index in [1.807, 2.05) is 19.1 Å².